The Labute approximate surface area is 105 Å². The maximum absolute atomic E-state index is 10.7. The van der Waals surface area contributed by atoms with Gasteiger partial charge in [-0.2, -0.15) is 0 Å². The van der Waals surface area contributed by atoms with Crippen molar-refractivity contribution >= 4 is 17.2 Å². The summed E-state index contributed by atoms with van der Waals surface area (Å²) in [6.07, 6.45) is 1.70. The van der Waals surface area contributed by atoms with Gasteiger partial charge in [0, 0.05) is 16.6 Å². The summed E-state index contributed by atoms with van der Waals surface area (Å²) >= 11 is 1.53. The van der Waals surface area contributed by atoms with Crippen molar-refractivity contribution in [2.45, 2.75) is 26.4 Å². The number of aromatic nitrogens is 1. The Balaban J connectivity index is 2.59. The summed E-state index contributed by atoms with van der Waals surface area (Å²) < 4.78 is 0. The third-order valence-electron chi connectivity index (χ3n) is 2.88. The van der Waals surface area contributed by atoms with Gasteiger partial charge in [0.25, 0.3) is 0 Å². The number of nitrogens with two attached hydrogens (primary N) is 1. The summed E-state index contributed by atoms with van der Waals surface area (Å²) in [7, 11) is 0. The van der Waals surface area contributed by atoms with Gasteiger partial charge in [-0.05, 0) is 49.4 Å². The largest absolute Gasteiger partial charge is 0.383 e. The van der Waals surface area contributed by atoms with Crippen molar-refractivity contribution in [3.63, 3.8) is 0 Å². The van der Waals surface area contributed by atoms with Crippen molar-refractivity contribution in [1.29, 1.82) is 0 Å². The summed E-state index contributed by atoms with van der Waals surface area (Å²) in [6, 6.07) is 3.88. The van der Waals surface area contributed by atoms with E-state index in [9.17, 15) is 5.11 Å². The molecule has 0 aliphatic carbocycles. The fourth-order valence-corrected chi connectivity index (χ4v) is 2.97. The van der Waals surface area contributed by atoms with E-state index in [1.165, 1.54) is 11.3 Å². The lowest BCUT2D eigenvalue weighted by molar-refractivity contribution is 0.106. The van der Waals surface area contributed by atoms with E-state index in [1.807, 2.05) is 31.4 Å². The van der Waals surface area contributed by atoms with E-state index in [2.05, 4.69) is 4.98 Å². The van der Waals surface area contributed by atoms with Crippen molar-refractivity contribution in [3.05, 3.63) is 45.3 Å². The lowest BCUT2D eigenvalue weighted by Gasteiger charge is -2.25. The van der Waals surface area contributed by atoms with Gasteiger partial charge in [-0.15, -0.1) is 11.3 Å². The molecular weight excluding hydrogens is 232 g/mol. The highest BCUT2D eigenvalue weighted by atomic mass is 32.1. The van der Waals surface area contributed by atoms with Gasteiger partial charge >= 0.3 is 0 Å². The molecular formula is C13H16N2OS. The van der Waals surface area contributed by atoms with Gasteiger partial charge in [-0.25, -0.2) is 4.98 Å². The van der Waals surface area contributed by atoms with Crippen LogP contribution < -0.4 is 5.73 Å². The first-order valence-corrected chi connectivity index (χ1v) is 6.30. The van der Waals surface area contributed by atoms with Crippen LogP contribution in [0.4, 0.5) is 5.82 Å². The van der Waals surface area contributed by atoms with Crippen LogP contribution in [0.25, 0.3) is 0 Å². The van der Waals surface area contributed by atoms with Crippen LogP contribution in [-0.4, -0.2) is 10.1 Å². The Morgan fingerprint density at radius 3 is 2.71 bits per heavy atom. The lowest BCUT2D eigenvalue weighted by Crippen LogP contribution is -2.24. The molecule has 2 aromatic heterocycles. The Bertz CT molecular complexity index is 546. The summed E-state index contributed by atoms with van der Waals surface area (Å²) in [6.45, 7) is 5.69. The molecule has 2 aromatic rings. The van der Waals surface area contributed by atoms with E-state index in [4.69, 9.17) is 5.73 Å². The van der Waals surface area contributed by atoms with E-state index >= 15 is 0 Å². The number of thiophene rings is 1. The highest BCUT2D eigenvalue weighted by Crippen LogP contribution is 2.37. The number of nitrogen functional groups attached to an aromatic ring is 1. The molecule has 2 rings (SSSR count). The molecule has 4 heteroatoms. The van der Waals surface area contributed by atoms with Gasteiger partial charge in [0.15, 0.2) is 0 Å². The SMILES string of the molecule is Cc1cnc(N)c(C(C)(O)c2sccc2C)c1. The second-order valence-electron chi connectivity index (χ2n) is 4.45. The quantitative estimate of drug-likeness (QED) is 0.858. The molecule has 0 radical (unpaired) electrons. The molecule has 3 N–H and O–H groups in total. The average Bonchev–Trinajstić information content (AvgIpc) is 2.68. The summed E-state index contributed by atoms with van der Waals surface area (Å²) in [5, 5.41) is 12.7. The van der Waals surface area contributed by atoms with Crippen LogP contribution in [0.15, 0.2) is 23.7 Å². The van der Waals surface area contributed by atoms with Gasteiger partial charge in [0.2, 0.25) is 0 Å². The molecule has 0 aliphatic heterocycles. The number of aliphatic hydroxyl groups is 1. The third-order valence-corrected chi connectivity index (χ3v) is 4.11. The van der Waals surface area contributed by atoms with Crippen LogP contribution in [-0.2, 0) is 5.60 Å². The van der Waals surface area contributed by atoms with E-state index in [0.717, 1.165) is 16.0 Å². The predicted molar refractivity (Wildman–Crippen MR) is 71.1 cm³/mol. The van der Waals surface area contributed by atoms with Gasteiger partial charge in [-0.3, -0.25) is 0 Å². The Kier molecular flexibility index (Phi) is 2.93. The molecule has 0 amide bonds. The number of hydrogen-bond donors (Lipinski definition) is 2. The van der Waals surface area contributed by atoms with Crippen LogP contribution in [0, 0.1) is 13.8 Å². The van der Waals surface area contributed by atoms with E-state index < -0.39 is 5.60 Å². The number of pyridine rings is 1. The van der Waals surface area contributed by atoms with Crippen LogP contribution in [0.5, 0.6) is 0 Å². The standard InChI is InChI=1S/C13H16N2OS/c1-8-6-10(12(14)15-7-8)13(3,16)11-9(2)4-5-17-11/h4-7,16H,1-3H3,(H2,14,15). The second-order valence-corrected chi connectivity index (χ2v) is 5.37. The zero-order chi connectivity index (χ0) is 12.6. The maximum Gasteiger partial charge on any atom is 0.129 e. The molecule has 0 fully saturated rings. The zero-order valence-electron chi connectivity index (χ0n) is 10.2. The molecule has 2 heterocycles. The first-order valence-electron chi connectivity index (χ1n) is 5.42. The fraction of sp³-hybridized carbons (Fsp3) is 0.308. The number of nitrogens with zero attached hydrogens (tertiary/aromatic N) is 1. The minimum atomic E-state index is -1.08. The van der Waals surface area contributed by atoms with Crippen molar-refractivity contribution in [2.24, 2.45) is 0 Å². The smallest absolute Gasteiger partial charge is 0.129 e. The average molecular weight is 248 g/mol. The van der Waals surface area contributed by atoms with Gasteiger partial charge < -0.3 is 10.8 Å². The van der Waals surface area contributed by atoms with E-state index in [-0.39, 0.29) is 0 Å². The predicted octanol–water partition coefficient (Wildman–Crippen LogP) is 2.60. The summed E-state index contributed by atoms with van der Waals surface area (Å²) in [5.41, 5.74) is 7.51. The molecule has 0 bridgehead atoms. The van der Waals surface area contributed by atoms with Gasteiger partial charge in [-0.1, -0.05) is 0 Å². The molecule has 3 nitrogen and oxygen atoms in total. The molecule has 1 atom stereocenters. The molecule has 1 unspecified atom stereocenters. The van der Waals surface area contributed by atoms with Crippen molar-refractivity contribution < 1.29 is 5.11 Å². The molecule has 0 saturated carbocycles. The Morgan fingerprint density at radius 2 is 2.12 bits per heavy atom. The first-order chi connectivity index (χ1) is 7.93. The van der Waals surface area contributed by atoms with Crippen LogP contribution in [0.2, 0.25) is 0 Å². The molecule has 0 spiro atoms. The molecule has 90 valence electrons. The number of anilines is 1. The minimum Gasteiger partial charge on any atom is -0.383 e. The first kappa shape index (κ1) is 12.1. The second kappa shape index (κ2) is 4.13. The lowest BCUT2D eigenvalue weighted by atomic mass is 9.92. The van der Waals surface area contributed by atoms with Crippen molar-refractivity contribution in [1.82, 2.24) is 4.98 Å². The molecule has 0 aliphatic rings. The highest BCUT2D eigenvalue weighted by Gasteiger charge is 2.31. The fourth-order valence-electron chi connectivity index (χ4n) is 1.96. The number of aryl methyl sites for hydroxylation is 2. The van der Waals surface area contributed by atoms with Crippen LogP contribution >= 0.6 is 11.3 Å². The normalized spacial score (nSPS) is 14.6. The topological polar surface area (TPSA) is 59.1 Å². The summed E-state index contributed by atoms with van der Waals surface area (Å²) in [4.78, 5) is 5.02. The zero-order valence-corrected chi connectivity index (χ0v) is 11.0. The number of hydrogen-bond acceptors (Lipinski definition) is 4. The van der Waals surface area contributed by atoms with Crippen molar-refractivity contribution in [3.8, 4) is 0 Å². The van der Waals surface area contributed by atoms with Crippen LogP contribution in [0.3, 0.4) is 0 Å². The van der Waals surface area contributed by atoms with Crippen LogP contribution in [0.1, 0.15) is 28.5 Å². The Hall–Kier alpha value is -1.39. The monoisotopic (exact) mass is 248 g/mol. The summed E-state index contributed by atoms with van der Waals surface area (Å²) in [5.74, 6) is 0.383. The van der Waals surface area contributed by atoms with E-state index in [0.29, 0.717) is 11.4 Å². The maximum atomic E-state index is 10.7. The van der Waals surface area contributed by atoms with Crippen molar-refractivity contribution in [2.75, 3.05) is 5.73 Å². The van der Waals surface area contributed by atoms with Gasteiger partial charge in [0.1, 0.15) is 11.4 Å². The highest BCUT2D eigenvalue weighted by molar-refractivity contribution is 7.10. The van der Waals surface area contributed by atoms with Gasteiger partial charge in [0.05, 0.1) is 0 Å². The third kappa shape index (κ3) is 2.06. The van der Waals surface area contributed by atoms with E-state index in [1.54, 1.807) is 13.1 Å². The minimum absolute atomic E-state index is 0.383. The molecule has 0 aromatic carbocycles. The molecule has 0 saturated heterocycles. The number of rotatable bonds is 2. The molecule has 17 heavy (non-hydrogen) atoms. The Morgan fingerprint density at radius 1 is 1.41 bits per heavy atom.